The average molecular weight is 483 g/mol. The summed E-state index contributed by atoms with van der Waals surface area (Å²) in [6.07, 6.45) is 1.84. The zero-order valence-corrected chi connectivity index (χ0v) is 19.1. The van der Waals surface area contributed by atoms with Gasteiger partial charge in [0.2, 0.25) is 5.91 Å². The Morgan fingerprint density at radius 1 is 1.07 bits per heavy atom. The van der Waals surface area contributed by atoms with Crippen LogP contribution in [0.4, 0.5) is 11.5 Å². The number of nitrogens with zero attached hydrogens (tertiary/aromatic N) is 3. The fourth-order valence-electron chi connectivity index (χ4n) is 3.44. The zero-order valence-electron chi connectivity index (χ0n) is 16.7. The third-order valence-electron chi connectivity index (χ3n) is 5.10. The van der Waals surface area contributed by atoms with Crippen molar-refractivity contribution in [2.24, 2.45) is 5.92 Å². The lowest BCUT2D eigenvalue weighted by atomic mass is 9.97. The van der Waals surface area contributed by atoms with Crippen LogP contribution >= 0.6 is 27.7 Å². The second-order valence-corrected chi connectivity index (χ2v) is 9.44. The van der Waals surface area contributed by atoms with Crippen LogP contribution in [0.15, 0.2) is 75.1 Å². The highest BCUT2D eigenvalue weighted by Gasteiger charge is 2.26. The molecule has 0 radical (unpaired) electrons. The van der Waals surface area contributed by atoms with Gasteiger partial charge in [0.05, 0.1) is 5.92 Å². The van der Waals surface area contributed by atoms with Crippen molar-refractivity contribution in [2.45, 2.75) is 29.7 Å². The van der Waals surface area contributed by atoms with E-state index in [1.807, 2.05) is 36.4 Å². The summed E-state index contributed by atoms with van der Waals surface area (Å²) in [6.45, 7) is 3.62. The molecule has 0 aliphatic carbocycles. The number of aromatic nitrogens is 2. The normalized spacial score (nSPS) is 16.3. The van der Waals surface area contributed by atoms with E-state index in [0.717, 1.165) is 45.3 Å². The molecule has 1 amide bonds. The van der Waals surface area contributed by atoms with Crippen LogP contribution in [0.2, 0.25) is 0 Å². The van der Waals surface area contributed by atoms with Crippen LogP contribution in [0.5, 0.6) is 0 Å². The molecular weight excluding hydrogens is 460 g/mol. The highest BCUT2D eigenvalue weighted by Crippen LogP contribution is 2.28. The first-order chi connectivity index (χ1) is 14.6. The molecule has 154 valence electrons. The molecule has 3 aromatic rings. The Bertz CT molecular complexity index is 993. The maximum Gasteiger partial charge on any atom is 0.229 e. The Kier molecular flexibility index (Phi) is 6.69. The SMILES string of the molecule is Cc1ccc(Sc2ccc(N3CCC[C@@H](C(=O)Nc4ccc(Br)cc4)C3)nn2)cc1. The molecule has 1 atom stereocenters. The maximum atomic E-state index is 12.7. The van der Waals surface area contributed by atoms with E-state index in [-0.39, 0.29) is 11.8 Å². The lowest BCUT2D eigenvalue weighted by Gasteiger charge is -2.32. The Hall–Kier alpha value is -2.38. The molecule has 1 N–H and O–H groups in total. The molecule has 0 saturated carbocycles. The minimum absolute atomic E-state index is 0.0570. The van der Waals surface area contributed by atoms with Crippen LogP contribution < -0.4 is 10.2 Å². The number of halogens is 1. The van der Waals surface area contributed by atoms with Crippen molar-refractivity contribution in [3.63, 3.8) is 0 Å². The van der Waals surface area contributed by atoms with Gasteiger partial charge >= 0.3 is 0 Å². The molecule has 7 heteroatoms. The molecule has 5 nitrogen and oxygen atoms in total. The number of hydrogen-bond donors (Lipinski definition) is 1. The topological polar surface area (TPSA) is 58.1 Å². The predicted molar refractivity (Wildman–Crippen MR) is 125 cm³/mol. The molecule has 1 saturated heterocycles. The molecule has 0 unspecified atom stereocenters. The first kappa shape index (κ1) is 20.9. The zero-order chi connectivity index (χ0) is 20.9. The summed E-state index contributed by atoms with van der Waals surface area (Å²) in [7, 11) is 0. The van der Waals surface area contributed by atoms with Gasteiger partial charge in [-0.05, 0) is 68.3 Å². The van der Waals surface area contributed by atoms with Crippen molar-refractivity contribution in [2.75, 3.05) is 23.3 Å². The fourth-order valence-corrected chi connectivity index (χ4v) is 4.44. The van der Waals surface area contributed by atoms with Gasteiger partial charge in [0, 0.05) is 28.1 Å². The molecule has 2 aromatic carbocycles. The smallest absolute Gasteiger partial charge is 0.229 e. The molecule has 1 fully saturated rings. The van der Waals surface area contributed by atoms with Crippen LogP contribution in [-0.2, 0) is 4.79 Å². The summed E-state index contributed by atoms with van der Waals surface area (Å²) in [5.74, 6) is 0.816. The minimum atomic E-state index is -0.0641. The number of carbonyl (C=O) groups excluding carboxylic acids is 1. The Morgan fingerprint density at radius 2 is 1.83 bits per heavy atom. The molecule has 30 heavy (non-hydrogen) atoms. The molecule has 2 heterocycles. The number of nitrogens with one attached hydrogen (secondary N) is 1. The highest BCUT2D eigenvalue weighted by molar-refractivity contribution is 9.10. The Morgan fingerprint density at radius 3 is 2.53 bits per heavy atom. The number of aryl methyl sites for hydroxylation is 1. The number of hydrogen-bond acceptors (Lipinski definition) is 5. The van der Waals surface area contributed by atoms with E-state index < -0.39 is 0 Å². The largest absolute Gasteiger partial charge is 0.354 e. The van der Waals surface area contributed by atoms with Crippen molar-refractivity contribution >= 4 is 45.1 Å². The van der Waals surface area contributed by atoms with E-state index in [1.54, 1.807) is 11.8 Å². The van der Waals surface area contributed by atoms with Gasteiger partial charge in [-0.15, -0.1) is 10.2 Å². The summed E-state index contributed by atoms with van der Waals surface area (Å²) in [5.41, 5.74) is 2.06. The number of rotatable bonds is 5. The number of piperidine rings is 1. The molecule has 1 aliphatic heterocycles. The standard InChI is InChI=1S/C23H23BrN4OS/c1-16-4-10-20(11-5-16)30-22-13-12-21(26-27-22)28-14-2-3-17(15-28)23(29)25-19-8-6-18(24)7-9-19/h4-13,17H,2-3,14-15H2,1H3,(H,25,29)/t17-/m1/s1. The number of benzene rings is 2. The second kappa shape index (κ2) is 9.62. The summed E-state index contributed by atoms with van der Waals surface area (Å²) in [4.78, 5) is 16.0. The van der Waals surface area contributed by atoms with Crippen molar-refractivity contribution in [3.05, 3.63) is 70.7 Å². The van der Waals surface area contributed by atoms with Crippen LogP contribution in [0.1, 0.15) is 18.4 Å². The first-order valence-electron chi connectivity index (χ1n) is 9.96. The molecular formula is C23H23BrN4OS. The van der Waals surface area contributed by atoms with E-state index in [9.17, 15) is 4.79 Å². The van der Waals surface area contributed by atoms with Crippen molar-refractivity contribution in [1.82, 2.24) is 10.2 Å². The van der Waals surface area contributed by atoms with Gasteiger partial charge in [0.25, 0.3) is 0 Å². The quantitative estimate of drug-likeness (QED) is 0.516. The van der Waals surface area contributed by atoms with Gasteiger partial charge in [0.1, 0.15) is 5.03 Å². The van der Waals surface area contributed by atoms with Crippen LogP contribution in [-0.4, -0.2) is 29.2 Å². The number of anilines is 2. The van der Waals surface area contributed by atoms with Crippen LogP contribution in [0.25, 0.3) is 0 Å². The minimum Gasteiger partial charge on any atom is -0.354 e. The lowest BCUT2D eigenvalue weighted by Crippen LogP contribution is -2.41. The Labute approximate surface area is 189 Å². The van der Waals surface area contributed by atoms with E-state index >= 15 is 0 Å². The molecule has 1 aliphatic rings. The summed E-state index contributed by atoms with van der Waals surface area (Å²) >= 11 is 5.01. The maximum absolute atomic E-state index is 12.7. The van der Waals surface area contributed by atoms with E-state index in [0.29, 0.717) is 6.54 Å². The van der Waals surface area contributed by atoms with Gasteiger partial charge in [-0.3, -0.25) is 4.79 Å². The van der Waals surface area contributed by atoms with Gasteiger partial charge in [-0.25, -0.2) is 0 Å². The molecule has 1 aromatic heterocycles. The van der Waals surface area contributed by atoms with Crippen LogP contribution in [0, 0.1) is 12.8 Å². The fraction of sp³-hybridized carbons (Fsp3) is 0.261. The summed E-state index contributed by atoms with van der Waals surface area (Å²) in [6, 6.07) is 20.0. The average Bonchev–Trinajstić information content (AvgIpc) is 2.77. The first-order valence-corrected chi connectivity index (χ1v) is 11.6. The number of amides is 1. The van der Waals surface area contributed by atoms with Gasteiger partial charge in [-0.2, -0.15) is 0 Å². The van der Waals surface area contributed by atoms with Gasteiger partial charge < -0.3 is 10.2 Å². The predicted octanol–water partition coefficient (Wildman–Crippen LogP) is 5.55. The van der Waals surface area contributed by atoms with Crippen LogP contribution in [0.3, 0.4) is 0 Å². The van der Waals surface area contributed by atoms with E-state index in [1.165, 1.54) is 5.56 Å². The van der Waals surface area contributed by atoms with Crippen molar-refractivity contribution < 1.29 is 4.79 Å². The van der Waals surface area contributed by atoms with Gasteiger partial charge in [-0.1, -0.05) is 45.4 Å². The van der Waals surface area contributed by atoms with Gasteiger partial charge in [0.15, 0.2) is 5.82 Å². The molecule has 0 spiro atoms. The second-order valence-electron chi connectivity index (χ2n) is 7.43. The van der Waals surface area contributed by atoms with E-state index in [2.05, 4.69) is 67.5 Å². The Balaban J connectivity index is 1.37. The number of carbonyl (C=O) groups is 1. The molecule has 4 rings (SSSR count). The monoisotopic (exact) mass is 482 g/mol. The highest BCUT2D eigenvalue weighted by atomic mass is 79.9. The van der Waals surface area contributed by atoms with E-state index in [4.69, 9.17) is 0 Å². The summed E-state index contributed by atoms with van der Waals surface area (Å²) < 4.78 is 0.993. The van der Waals surface area contributed by atoms with Crippen molar-refractivity contribution in [1.29, 1.82) is 0 Å². The third kappa shape index (κ3) is 5.40. The van der Waals surface area contributed by atoms with Crippen molar-refractivity contribution in [3.8, 4) is 0 Å². The molecule has 0 bridgehead atoms. The summed E-state index contributed by atoms with van der Waals surface area (Å²) in [5, 5.41) is 12.7. The third-order valence-corrected chi connectivity index (χ3v) is 6.56. The lowest BCUT2D eigenvalue weighted by molar-refractivity contribution is -0.120.